The third-order valence-electron chi connectivity index (χ3n) is 5.16. The van der Waals surface area contributed by atoms with E-state index >= 15 is 0 Å². The number of aryl methyl sites for hydroxylation is 1. The second-order valence-corrected chi connectivity index (χ2v) is 7.03. The van der Waals surface area contributed by atoms with Crippen LogP contribution >= 0.6 is 0 Å². The number of benzene rings is 2. The van der Waals surface area contributed by atoms with E-state index in [9.17, 15) is 9.18 Å². The zero-order valence-electron chi connectivity index (χ0n) is 14.2. The largest absolute Gasteiger partial charge is 0.358 e. The van der Waals surface area contributed by atoms with Crippen LogP contribution in [0.2, 0.25) is 0 Å². The van der Waals surface area contributed by atoms with Gasteiger partial charge in [0.05, 0.1) is 6.42 Å². The highest BCUT2D eigenvalue weighted by atomic mass is 19.1. The standard InChI is InChI=1S/C21H21FN2O/c1-14-20(17-7-2-3-8-18(17)24-14)21(9-10-21)13-23-19(25)12-15-5-4-6-16(22)11-15/h2-8,11,24H,9-10,12-13H2,1H3,(H,23,25). The molecule has 1 aliphatic rings. The van der Waals surface area contributed by atoms with Crippen LogP contribution in [0.1, 0.15) is 29.7 Å². The van der Waals surface area contributed by atoms with E-state index in [1.54, 1.807) is 12.1 Å². The highest BCUT2D eigenvalue weighted by molar-refractivity contribution is 5.86. The molecular formula is C21H21FN2O. The fourth-order valence-electron chi connectivity index (χ4n) is 3.79. The van der Waals surface area contributed by atoms with Crippen molar-refractivity contribution < 1.29 is 9.18 Å². The van der Waals surface area contributed by atoms with E-state index in [4.69, 9.17) is 0 Å². The fraction of sp³-hybridized carbons (Fsp3) is 0.286. The van der Waals surface area contributed by atoms with E-state index in [0.717, 1.165) is 18.4 Å². The number of para-hydroxylation sites is 1. The summed E-state index contributed by atoms with van der Waals surface area (Å²) < 4.78 is 13.2. The molecule has 0 unspecified atom stereocenters. The third-order valence-corrected chi connectivity index (χ3v) is 5.16. The minimum Gasteiger partial charge on any atom is -0.358 e. The van der Waals surface area contributed by atoms with E-state index in [-0.39, 0.29) is 23.6 Å². The molecule has 3 aromatic rings. The SMILES string of the molecule is Cc1[nH]c2ccccc2c1C1(CNC(=O)Cc2cccc(F)c2)CC1. The summed E-state index contributed by atoms with van der Waals surface area (Å²) >= 11 is 0. The first-order valence-electron chi connectivity index (χ1n) is 8.66. The second kappa shape index (κ2) is 6.03. The Balaban J connectivity index is 1.49. The zero-order valence-corrected chi connectivity index (χ0v) is 14.2. The number of fused-ring (bicyclic) bond motifs is 1. The molecule has 1 amide bonds. The van der Waals surface area contributed by atoms with Gasteiger partial charge in [-0.05, 0) is 49.1 Å². The summed E-state index contributed by atoms with van der Waals surface area (Å²) in [5.41, 5.74) is 4.38. The van der Waals surface area contributed by atoms with Gasteiger partial charge < -0.3 is 10.3 Å². The molecule has 0 atom stereocenters. The first-order valence-corrected chi connectivity index (χ1v) is 8.66. The third kappa shape index (κ3) is 3.04. The van der Waals surface area contributed by atoms with Crippen LogP contribution in [0.3, 0.4) is 0 Å². The maximum atomic E-state index is 13.2. The average Bonchev–Trinajstić information content (AvgIpc) is 3.28. The lowest BCUT2D eigenvalue weighted by molar-refractivity contribution is -0.120. The normalized spacial score (nSPS) is 15.3. The molecule has 0 bridgehead atoms. The van der Waals surface area contributed by atoms with Gasteiger partial charge in [-0.25, -0.2) is 4.39 Å². The first kappa shape index (κ1) is 15.9. The molecule has 2 N–H and O–H groups in total. The molecule has 3 nitrogen and oxygen atoms in total. The van der Waals surface area contributed by atoms with Crippen molar-refractivity contribution in [2.24, 2.45) is 0 Å². The lowest BCUT2D eigenvalue weighted by Crippen LogP contribution is -2.33. The predicted octanol–water partition coefficient (Wildman–Crippen LogP) is 4.01. The van der Waals surface area contributed by atoms with Crippen molar-refractivity contribution in [1.82, 2.24) is 10.3 Å². The van der Waals surface area contributed by atoms with E-state index < -0.39 is 0 Å². The molecule has 0 saturated heterocycles. The van der Waals surface area contributed by atoms with Gasteiger partial charge in [0.1, 0.15) is 5.82 Å². The van der Waals surface area contributed by atoms with Gasteiger partial charge in [-0.15, -0.1) is 0 Å². The van der Waals surface area contributed by atoms with Crippen molar-refractivity contribution in [2.45, 2.75) is 31.6 Å². The molecule has 0 aliphatic heterocycles. The van der Waals surface area contributed by atoms with Crippen LogP contribution < -0.4 is 5.32 Å². The maximum absolute atomic E-state index is 13.2. The molecule has 1 aromatic heterocycles. The fourth-order valence-corrected chi connectivity index (χ4v) is 3.79. The molecule has 2 aromatic carbocycles. The molecule has 25 heavy (non-hydrogen) atoms. The molecule has 1 saturated carbocycles. The molecular weight excluding hydrogens is 315 g/mol. The Hall–Kier alpha value is -2.62. The van der Waals surface area contributed by atoms with Gasteiger partial charge in [0.25, 0.3) is 0 Å². The Labute approximate surface area is 146 Å². The summed E-state index contributed by atoms with van der Waals surface area (Å²) in [6, 6.07) is 14.5. The summed E-state index contributed by atoms with van der Waals surface area (Å²) in [6.07, 6.45) is 2.37. The molecule has 0 radical (unpaired) electrons. The number of hydrogen-bond donors (Lipinski definition) is 2. The summed E-state index contributed by atoms with van der Waals surface area (Å²) in [7, 11) is 0. The minimum absolute atomic E-state index is 0.0291. The molecule has 0 spiro atoms. The number of H-pyrrole nitrogens is 1. The van der Waals surface area contributed by atoms with Crippen LogP contribution in [-0.2, 0) is 16.6 Å². The highest BCUT2D eigenvalue weighted by Gasteiger charge is 2.46. The molecule has 1 fully saturated rings. The average molecular weight is 336 g/mol. The topological polar surface area (TPSA) is 44.9 Å². The number of carbonyl (C=O) groups excluding carboxylic acids is 1. The van der Waals surface area contributed by atoms with E-state index in [1.807, 2.05) is 6.07 Å². The van der Waals surface area contributed by atoms with Gasteiger partial charge in [0.15, 0.2) is 0 Å². The van der Waals surface area contributed by atoms with E-state index in [1.165, 1.54) is 28.8 Å². The lowest BCUT2D eigenvalue weighted by Gasteiger charge is -2.17. The Kier molecular flexibility index (Phi) is 3.83. The van der Waals surface area contributed by atoms with Gasteiger partial charge in [0, 0.05) is 28.6 Å². The summed E-state index contributed by atoms with van der Waals surface area (Å²) in [6.45, 7) is 2.73. The van der Waals surface area contributed by atoms with Crippen LogP contribution in [0.4, 0.5) is 4.39 Å². The number of amides is 1. The van der Waals surface area contributed by atoms with Crippen LogP contribution in [0.25, 0.3) is 10.9 Å². The quantitative estimate of drug-likeness (QED) is 0.726. The lowest BCUT2D eigenvalue weighted by atomic mass is 9.93. The van der Waals surface area contributed by atoms with Gasteiger partial charge in [-0.2, -0.15) is 0 Å². The summed E-state index contributed by atoms with van der Waals surface area (Å²) in [4.78, 5) is 15.7. The Morgan fingerprint density at radius 1 is 1.20 bits per heavy atom. The van der Waals surface area contributed by atoms with Crippen LogP contribution in [0, 0.1) is 12.7 Å². The Morgan fingerprint density at radius 2 is 2.00 bits per heavy atom. The van der Waals surface area contributed by atoms with E-state index in [2.05, 4.69) is 35.4 Å². The number of aromatic amines is 1. The van der Waals surface area contributed by atoms with Gasteiger partial charge in [-0.3, -0.25) is 4.79 Å². The van der Waals surface area contributed by atoms with Crippen LogP contribution in [0.5, 0.6) is 0 Å². The van der Waals surface area contributed by atoms with Gasteiger partial charge >= 0.3 is 0 Å². The van der Waals surface area contributed by atoms with Crippen LogP contribution in [-0.4, -0.2) is 17.4 Å². The van der Waals surface area contributed by atoms with Crippen molar-refractivity contribution in [3.05, 3.63) is 71.2 Å². The van der Waals surface area contributed by atoms with Crippen molar-refractivity contribution in [3.63, 3.8) is 0 Å². The maximum Gasteiger partial charge on any atom is 0.224 e. The van der Waals surface area contributed by atoms with Crippen LogP contribution in [0.15, 0.2) is 48.5 Å². The molecule has 4 heteroatoms. The second-order valence-electron chi connectivity index (χ2n) is 7.03. The number of carbonyl (C=O) groups is 1. The number of nitrogens with one attached hydrogen (secondary N) is 2. The highest BCUT2D eigenvalue weighted by Crippen LogP contribution is 2.51. The molecule has 128 valence electrons. The van der Waals surface area contributed by atoms with Crippen molar-refractivity contribution >= 4 is 16.8 Å². The summed E-state index contributed by atoms with van der Waals surface area (Å²) in [5, 5.41) is 4.31. The molecule has 1 heterocycles. The smallest absolute Gasteiger partial charge is 0.224 e. The molecule has 1 aliphatic carbocycles. The number of rotatable bonds is 5. The van der Waals surface area contributed by atoms with Crippen molar-refractivity contribution in [1.29, 1.82) is 0 Å². The molecule has 4 rings (SSSR count). The zero-order chi connectivity index (χ0) is 17.4. The number of aromatic nitrogens is 1. The van der Waals surface area contributed by atoms with Gasteiger partial charge in [-0.1, -0.05) is 30.3 Å². The Bertz CT molecular complexity index is 940. The number of hydrogen-bond acceptors (Lipinski definition) is 1. The number of halogens is 1. The van der Waals surface area contributed by atoms with Crippen molar-refractivity contribution in [3.8, 4) is 0 Å². The minimum atomic E-state index is -0.307. The van der Waals surface area contributed by atoms with Crippen molar-refractivity contribution in [2.75, 3.05) is 6.54 Å². The van der Waals surface area contributed by atoms with Gasteiger partial charge in [0.2, 0.25) is 5.91 Å². The Morgan fingerprint density at radius 3 is 2.76 bits per heavy atom. The predicted molar refractivity (Wildman–Crippen MR) is 97.1 cm³/mol. The summed E-state index contributed by atoms with van der Waals surface area (Å²) in [5.74, 6) is -0.368. The first-order chi connectivity index (χ1) is 12.1. The van der Waals surface area contributed by atoms with E-state index in [0.29, 0.717) is 12.1 Å². The monoisotopic (exact) mass is 336 g/mol.